The Kier molecular flexibility index (Phi) is 3.71. The molecule has 2 nitrogen and oxygen atoms in total. The zero-order valence-corrected chi connectivity index (χ0v) is 10.4. The summed E-state index contributed by atoms with van der Waals surface area (Å²) in [5.74, 6) is 2.74. The highest BCUT2D eigenvalue weighted by atomic mass is 15.0. The number of aryl methyl sites for hydroxylation is 1. The van der Waals surface area contributed by atoms with E-state index in [-0.39, 0.29) is 0 Å². The number of hydrogen-bond acceptors (Lipinski definition) is 2. The lowest BCUT2D eigenvalue weighted by Crippen LogP contribution is -2.31. The molecule has 0 spiro atoms. The minimum atomic E-state index is 0.425. The highest BCUT2D eigenvalue weighted by Crippen LogP contribution is 2.32. The van der Waals surface area contributed by atoms with E-state index in [1.807, 2.05) is 6.07 Å². The van der Waals surface area contributed by atoms with E-state index in [2.05, 4.69) is 30.3 Å². The smallest absolute Gasteiger partial charge is 0.0328 e. The summed E-state index contributed by atoms with van der Waals surface area (Å²) in [6, 6.07) is 7.11. The Morgan fingerprint density at radius 2 is 2.41 bits per heavy atom. The Balaban J connectivity index is 2.09. The van der Waals surface area contributed by atoms with Gasteiger partial charge in [0.05, 0.1) is 0 Å². The molecule has 0 radical (unpaired) electrons. The number of nitrogen functional groups attached to an aromatic ring is 1. The van der Waals surface area contributed by atoms with Gasteiger partial charge in [-0.05, 0) is 42.5 Å². The first-order valence-corrected chi connectivity index (χ1v) is 6.32. The summed E-state index contributed by atoms with van der Waals surface area (Å²) in [7, 11) is 0. The Morgan fingerprint density at radius 3 is 3.12 bits per heavy atom. The van der Waals surface area contributed by atoms with E-state index < -0.39 is 0 Å². The number of hydrogen-bond donors (Lipinski definition) is 2. The lowest BCUT2D eigenvalue weighted by molar-refractivity contribution is 0.427. The molecule has 1 aromatic rings. The molecule has 1 aliphatic carbocycles. The molecule has 0 aliphatic heterocycles. The molecule has 0 saturated heterocycles. The number of anilines is 1. The van der Waals surface area contributed by atoms with Crippen LogP contribution in [0.4, 0.5) is 5.69 Å². The van der Waals surface area contributed by atoms with Crippen molar-refractivity contribution < 1.29 is 0 Å². The summed E-state index contributed by atoms with van der Waals surface area (Å²) in [5.41, 5.74) is 9.45. The zero-order valence-electron chi connectivity index (χ0n) is 10.4. The Labute approximate surface area is 104 Å². The van der Waals surface area contributed by atoms with Gasteiger partial charge in [-0.2, -0.15) is 0 Å². The highest BCUT2D eigenvalue weighted by molar-refractivity contribution is 5.47. The van der Waals surface area contributed by atoms with Crippen LogP contribution in [0.15, 0.2) is 18.2 Å². The largest absolute Gasteiger partial charge is 0.399 e. The van der Waals surface area contributed by atoms with Crippen LogP contribution in [0.1, 0.15) is 43.4 Å². The molecule has 0 heterocycles. The second kappa shape index (κ2) is 5.25. The van der Waals surface area contributed by atoms with Gasteiger partial charge >= 0.3 is 0 Å². The molecular formula is C15H20N2. The van der Waals surface area contributed by atoms with Gasteiger partial charge in [-0.15, -0.1) is 12.3 Å². The van der Waals surface area contributed by atoms with Crippen molar-refractivity contribution in [2.45, 2.75) is 44.7 Å². The van der Waals surface area contributed by atoms with Crippen molar-refractivity contribution in [3.63, 3.8) is 0 Å². The van der Waals surface area contributed by atoms with Crippen LogP contribution in [-0.2, 0) is 6.42 Å². The first-order valence-electron chi connectivity index (χ1n) is 6.32. The van der Waals surface area contributed by atoms with Crippen molar-refractivity contribution in [1.82, 2.24) is 5.32 Å². The van der Waals surface area contributed by atoms with E-state index in [0.29, 0.717) is 12.1 Å². The molecule has 0 fully saturated rings. The second-order valence-corrected chi connectivity index (χ2v) is 4.73. The minimum absolute atomic E-state index is 0.425. The standard InChI is InChI=1S/C15H20N2/c1-3-5-13(4-2)17-15-9-6-11-10-12(16)7-8-14(11)15/h1,7-8,10,13,15,17H,4-6,9,16H2,2H3. The van der Waals surface area contributed by atoms with Gasteiger partial charge in [0.15, 0.2) is 0 Å². The fraction of sp³-hybridized carbons (Fsp3) is 0.467. The van der Waals surface area contributed by atoms with Crippen LogP contribution in [0, 0.1) is 12.3 Å². The maximum absolute atomic E-state index is 5.80. The molecule has 2 rings (SSSR count). The maximum atomic E-state index is 5.80. The van der Waals surface area contributed by atoms with Gasteiger partial charge < -0.3 is 11.1 Å². The molecule has 17 heavy (non-hydrogen) atoms. The molecule has 90 valence electrons. The summed E-state index contributed by atoms with van der Waals surface area (Å²) in [5, 5.41) is 3.66. The first kappa shape index (κ1) is 12.0. The van der Waals surface area contributed by atoms with E-state index in [0.717, 1.165) is 31.4 Å². The molecule has 2 atom stereocenters. The minimum Gasteiger partial charge on any atom is -0.399 e. The highest BCUT2D eigenvalue weighted by Gasteiger charge is 2.23. The number of fused-ring (bicyclic) bond motifs is 1. The van der Waals surface area contributed by atoms with Crippen LogP contribution in [0.5, 0.6) is 0 Å². The van der Waals surface area contributed by atoms with E-state index in [1.54, 1.807) is 0 Å². The molecule has 0 saturated carbocycles. The van der Waals surface area contributed by atoms with Crippen LogP contribution >= 0.6 is 0 Å². The monoisotopic (exact) mass is 228 g/mol. The molecule has 1 aliphatic rings. The van der Waals surface area contributed by atoms with Gasteiger partial charge in [0.2, 0.25) is 0 Å². The Morgan fingerprint density at radius 1 is 1.59 bits per heavy atom. The molecular weight excluding hydrogens is 208 g/mol. The van der Waals surface area contributed by atoms with Gasteiger partial charge in [0, 0.05) is 24.2 Å². The van der Waals surface area contributed by atoms with Crippen LogP contribution in [0.25, 0.3) is 0 Å². The average Bonchev–Trinajstić information content (AvgIpc) is 2.71. The lowest BCUT2D eigenvalue weighted by atomic mass is 10.0. The molecule has 2 unspecified atom stereocenters. The maximum Gasteiger partial charge on any atom is 0.0328 e. The topological polar surface area (TPSA) is 38.0 Å². The van der Waals surface area contributed by atoms with Crippen molar-refractivity contribution in [3.8, 4) is 12.3 Å². The SMILES string of the molecule is C#CCC(CC)NC1CCc2cc(N)ccc21. The van der Waals surface area contributed by atoms with Crippen molar-refractivity contribution in [2.24, 2.45) is 0 Å². The summed E-state index contributed by atoms with van der Waals surface area (Å²) in [4.78, 5) is 0. The quantitative estimate of drug-likeness (QED) is 0.614. The van der Waals surface area contributed by atoms with Gasteiger partial charge in [-0.3, -0.25) is 0 Å². The van der Waals surface area contributed by atoms with Crippen LogP contribution in [0.2, 0.25) is 0 Å². The molecule has 2 heteroatoms. The number of rotatable bonds is 4. The normalized spacial score (nSPS) is 19.6. The summed E-state index contributed by atoms with van der Waals surface area (Å²) in [6.45, 7) is 2.17. The Hall–Kier alpha value is -1.46. The number of terminal acetylenes is 1. The van der Waals surface area contributed by atoms with Crippen LogP contribution in [0.3, 0.4) is 0 Å². The lowest BCUT2D eigenvalue weighted by Gasteiger charge is -2.21. The van der Waals surface area contributed by atoms with E-state index >= 15 is 0 Å². The number of benzene rings is 1. The van der Waals surface area contributed by atoms with Crippen molar-refractivity contribution in [3.05, 3.63) is 29.3 Å². The van der Waals surface area contributed by atoms with Crippen molar-refractivity contribution >= 4 is 5.69 Å². The third-order valence-electron chi connectivity index (χ3n) is 3.54. The molecule has 0 amide bonds. The summed E-state index contributed by atoms with van der Waals surface area (Å²) in [6.07, 6.45) is 9.53. The van der Waals surface area contributed by atoms with Gasteiger partial charge in [-0.1, -0.05) is 13.0 Å². The van der Waals surface area contributed by atoms with E-state index in [9.17, 15) is 0 Å². The van der Waals surface area contributed by atoms with Gasteiger partial charge in [-0.25, -0.2) is 0 Å². The number of nitrogens with two attached hydrogens (primary N) is 1. The molecule has 0 aromatic heterocycles. The predicted molar refractivity (Wildman–Crippen MR) is 72.6 cm³/mol. The molecule has 1 aromatic carbocycles. The third-order valence-corrected chi connectivity index (χ3v) is 3.54. The summed E-state index contributed by atoms with van der Waals surface area (Å²) < 4.78 is 0. The second-order valence-electron chi connectivity index (χ2n) is 4.73. The number of nitrogens with one attached hydrogen (secondary N) is 1. The van der Waals surface area contributed by atoms with Gasteiger partial charge in [0.1, 0.15) is 0 Å². The zero-order chi connectivity index (χ0) is 12.3. The van der Waals surface area contributed by atoms with Crippen molar-refractivity contribution in [2.75, 3.05) is 5.73 Å². The van der Waals surface area contributed by atoms with Crippen LogP contribution < -0.4 is 11.1 Å². The third kappa shape index (κ3) is 2.62. The first-order chi connectivity index (χ1) is 8.24. The van der Waals surface area contributed by atoms with Crippen LogP contribution in [-0.4, -0.2) is 6.04 Å². The molecule has 0 bridgehead atoms. The van der Waals surface area contributed by atoms with Crippen molar-refractivity contribution in [1.29, 1.82) is 0 Å². The fourth-order valence-corrected chi connectivity index (χ4v) is 2.56. The Bertz CT molecular complexity index is 431. The molecule has 3 N–H and O–H groups in total. The predicted octanol–water partition coefficient (Wildman–Crippen LogP) is 2.65. The fourth-order valence-electron chi connectivity index (χ4n) is 2.56. The van der Waals surface area contributed by atoms with E-state index in [1.165, 1.54) is 11.1 Å². The average molecular weight is 228 g/mol. The van der Waals surface area contributed by atoms with Gasteiger partial charge in [0.25, 0.3) is 0 Å². The summed E-state index contributed by atoms with van der Waals surface area (Å²) >= 11 is 0. The van der Waals surface area contributed by atoms with E-state index in [4.69, 9.17) is 12.2 Å².